The molecule has 0 bridgehead atoms. The Morgan fingerprint density at radius 3 is 2.96 bits per heavy atom. The molecule has 1 aromatic heterocycles. The van der Waals surface area contributed by atoms with Crippen molar-refractivity contribution in [2.45, 2.75) is 25.0 Å². The van der Waals surface area contributed by atoms with Crippen molar-refractivity contribution in [1.82, 2.24) is 14.8 Å². The summed E-state index contributed by atoms with van der Waals surface area (Å²) in [4.78, 5) is 16.9. The van der Waals surface area contributed by atoms with Crippen molar-refractivity contribution < 1.29 is 14.6 Å². The molecule has 1 aliphatic heterocycles. The van der Waals surface area contributed by atoms with E-state index in [1.165, 1.54) is 11.8 Å². The maximum Gasteiger partial charge on any atom is 0.338 e. The van der Waals surface area contributed by atoms with Crippen molar-refractivity contribution in [1.29, 1.82) is 0 Å². The van der Waals surface area contributed by atoms with Gasteiger partial charge in [0.1, 0.15) is 11.8 Å². The number of hydrogen-bond donors (Lipinski definition) is 2. The fourth-order valence-electron chi connectivity index (χ4n) is 2.69. The summed E-state index contributed by atoms with van der Waals surface area (Å²) in [5.41, 5.74) is 1.85. The third-order valence-corrected chi connectivity index (χ3v) is 4.24. The molecule has 0 fully saturated rings. The van der Waals surface area contributed by atoms with E-state index in [2.05, 4.69) is 15.4 Å². The minimum Gasteiger partial charge on any atom is -0.508 e. The van der Waals surface area contributed by atoms with Gasteiger partial charge in [-0.2, -0.15) is 4.98 Å². The third-order valence-electron chi connectivity index (χ3n) is 3.70. The summed E-state index contributed by atoms with van der Waals surface area (Å²) >= 11 is 1.42. The second-order valence-electron chi connectivity index (χ2n) is 5.25. The lowest BCUT2D eigenvalue weighted by atomic mass is 9.95. The Balaban J connectivity index is 2.17. The first-order chi connectivity index (χ1) is 11.5. The van der Waals surface area contributed by atoms with Gasteiger partial charge in [0.2, 0.25) is 11.1 Å². The summed E-state index contributed by atoms with van der Waals surface area (Å²) in [5.74, 6) is 0.264. The molecular formula is C16H18N4O3S. The van der Waals surface area contributed by atoms with Gasteiger partial charge in [-0.25, -0.2) is 9.48 Å². The standard InChI is InChI=1S/C16H18N4O3S/c1-4-23-14(22)12-9(2)17-15-18-16(24-3)19-20(15)13(12)10-6-5-7-11(21)8-10/h5-8,13,21H,4H2,1-3H3,(H,17,18,19). The molecule has 2 heterocycles. The van der Waals surface area contributed by atoms with Gasteiger partial charge in [-0.3, -0.25) is 0 Å². The predicted octanol–water partition coefficient (Wildman–Crippen LogP) is 2.56. The van der Waals surface area contributed by atoms with Gasteiger partial charge in [0.15, 0.2) is 0 Å². The number of fused-ring (bicyclic) bond motifs is 1. The number of aromatic hydroxyl groups is 1. The molecule has 0 amide bonds. The number of benzene rings is 1. The van der Waals surface area contributed by atoms with Crippen molar-refractivity contribution in [2.24, 2.45) is 0 Å². The lowest BCUT2D eigenvalue weighted by Crippen LogP contribution is -2.29. The number of ether oxygens (including phenoxy) is 1. The Morgan fingerprint density at radius 2 is 2.29 bits per heavy atom. The number of thioether (sulfide) groups is 1. The summed E-state index contributed by atoms with van der Waals surface area (Å²) in [6.45, 7) is 3.85. The number of rotatable bonds is 4. The molecule has 2 N–H and O–H groups in total. The van der Waals surface area contributed by atoms with E-state index in [0.29, 0.717) is 22.4 Å². The summed E-state index contributed by atoms with van der Waals surface area (Å²) in [6.07, 6.45) is 1.89. The summed E-state index contributed by atoms with van der Waals surface area (Å²) in [6, 6.07) is 6.26. The molecular weight excluding hydrogens is 328 g/mol. The normalized spacial score (nSPS) is 16.5. The van der Waals surface area contributed by atoms with E-state index in [4.69, 9.17) is 4.74 Å². The quantitative estimate of drug-likeness (QED) is 0.649. The van der Waals surface area contributed by atoms with Gasteiger partial charge in [-0.15, -0.1) is 5.10 Å². The predicted molar refractivity (Wildman–Crippen MR) is 91.0 cm³/mol. The fourth-order valence-corrected chi connectivity index (χ4v) is 3.04. The summed E-state index contributed by atoms with van der Waals surface area (Å²) in [7, 11) is 0. The number of anilines is 1. The van der Waals surface area contributed by atoms with Crippen LogP contribution in [0.1, 0.15) is 25.5 Å². The third kappa shape index (κ3) is 2.84. The smallest absolute Gasteiger partial charge is 0.338 e. The van der Waals surface area contributed by atoms with Crippen LogP contribution in [0.4, 0.5) is 5.95 Å². The van der Waals surface area contributed by atoms with Gasteiger partial charge < -0.3 is 15.2 Å². The lowest BCUT2D eigenvalue weighted by Gasteiger charge is -2.28. The topological polar surface area (TPSA) is 89.3 Å². The van der Waals surface area contributed by atoms with E-state index in [9.17, 15) is 9.90 Å². The first-order valence-electron chi connectivity index (χ1n) is 7.49. The molecule has 8 heteroatoms. The van der Waals surface area contributed by atoms with Crippen molar-refractivity contribution in [2.75, 3.05) is 18.2 Å². The average Bonchev–Trinajstić information content (AvgIpc) is 2.96. The van der Waals surface area contributed by atoms with Crippen LogP contribution in [0.15, 0.2) is 40.7 Å². The number of phenols is 1. The Morgan fingerprint density at radius 1 is 1.50 bits per heavy atom. The van der Waals surface area contributed by atoms with Crippen molar-refractivity contribution in [3.8, 4) is 5.75 Å². The zero-order valence-corrected chi connectivity index (χ0v) is 14.4. The zero-order chi connectivity index (χ0) is 17.3. The number of carbonyl (C=O) groups is 1. The number of nitrogens with zero attached hydrogens (tertiary/aromatic N) is 3. The van der Waals surface area contributed by atoms with Crippen LogP contribution in [0, 0.1) is 0 Å². The van der Waals surface area contributed by atoms with Gasteiger partial charge in [0, 0.05) is 5.70 Å². The van der Waals surface area contributed by atoms with Crippen LogP contribution >= 0.6 is 11.8 Å². The Hall–Kier alpha value is -2.48. The molecule has 0 aliphatic carbocycles. The minimum absolute atomic E-state index is 0.124. The second-order valence-corrected chi connectivity index (χ2v) is 6.02. The molecule has 0 saturated heterocycles. The highest BCUT2D eigenvalue weighted by atomic mass is 32.2. The van der Waals surface area contributed by atoms with Crippen molar-refractivity contribution in [3.63, 3.8) is 0 Å². The molecule has 7 nitrogen and oxygen atoms in total. The highest BCUT2D eigenvalue weighted by molar-refractivity contribution is 7.98. The molecule has 0 spiro atoms. The Bertz CT molecular complexity index is 815. The maximum atomic E-state index is 12.5. The van der Waals surface area contributed by atoms with Crippen LogP contribution in [0.5, 0.6) is 5.75 Å². The molecule has 1 aromatic carbocycles. The lowest BCUT2D eigenvalue weighted by molar-refractivity contribution is -0.139. The van der Waals surface area contributed by atoms with Gasteiger partial charge in [0.05, 0.1) is 12.2 Å². The number of nitrogens with one attached hydrogen (secondary N) is 1. The largest absolute Gasteiger partial charge is 0.508 e. The molecule has 126 valence electrons. The Labute approximate surface area is 143 Å². The molecule has 0 radical (unpaired) electrons. The van der Waals surface area contributed by atoms with Crippen LogP contribution in [-0.4, -0.2) is 38.7 Å². The SMILES string of the molecule is CCOC(=O)C1=C(C)Nc2nc(SC)nn2C1c1cccc(O)c1. The van der Waals surface area contributed by atoms with Crippen LogP contribution in [-0.2, 0) is 9.53 Å². The van der Waals surface area contributed by atoms with Crippen LogP contribution in [0.3, 0.4) is 0 Å². The van der Waals surface area contributed by atoms with E-state index in [1.54, 1.807) is 36.7 Å². The Kier molecular flexibility index (Phi) is 4.48. The van der Waals surface area contributed by atoms with Crippen molar-refractivity contribution >= 4 is 23.7 Å². The highest BCUT2D eigenvalue weighted by Crippen LogP contribution is 2.37. The monoisotopic (exact) mass is 346 g/mol. The van der Waals surface area contributed by atoms with Crippen LogP contribution in [0.25, 0.3) is 0 Å². The van der Waals surface area contributed by atoms with Crippen LogP contribution < -0.4 is 5.32 Å². The van der Waals surface area contributed by atoms with E-state index in [0.717, 1.165) is 5.56 Å². The second kappa shape index (κ2) is 6.56. The van der Waals surface area contributed by atoms with Gasteiger partial charge in [-0.05, 0) is 37.8 Å². The molecule has 3 rings (SSSR count). The number of hydrogen-bond acceptors (Lipinski definition) is 7. The first-order valence-corrected chi connectivity index (χ1v) is 8.72. The molecule has 0 saturated carbocycles. The fraction of sp³-hybridized carbons (Fsp3) is 0.312. The van der Waals surface area contributed by atoms with Gasteiger partial charge in [-0.1, -0.05) is 23.9 Å². The van der Waals surface area contributed by atoms with Gasteiger partial charge >= 0.3 is 5.97 Å². The molecule has 1 unspecified atom stereocenters. The average molecular weight is 346 g/mol. The highest BCUT2D eigenvalue weighted by Gasteiger charge is 2.35. The summed E-state index contributed by atoms with van der Waals surface area (Å²) < 4.78 is 6.87. The minimum atomic E-state index is -0.513. The van der Waals surface area contributed by atoms with Gasteiger partial charge in [0.25, 0.3) is 0 Å². The molecule has 2 aromatic rings. The summed E-state index contributed by atoms with van der Waals surface area (Å²) in [5, 5.41) is 18.0. The number of phenolic OH excluding ortho intramolecular Hbond substituents is 1. The molecule has 1 aliphatic rings. The first kappa shape index (κ1) is 16.4. The molecule has 1 atom stereocenters. The maximum absolute atomic E-state index is 12.5. The molecule has 24 heavy (non-hydrogen) atoms. The number of aromatic nitrogens is 3. The van der Waals surface area contributed by atoms with E-state index in [1.807, 2.05) is 12.3 Å². The van der Waals surface area contributed by atoms with E-state index >= 15 is 0 Å². The number of carbonyl (C=O) groups excluding carboxylic acids is 1. The van der Waals surface area contributed by atoms with Crippen molar-refractivity contribution in [3.05, 3.63) is 41.1 Å². The zero-order valence-electron chi connectivity index (χ0n) is 13.6. The number of esters is 1. The van der Waals surface area contributed by atoms with E-state index in [-0.39, 0.29) is 12.4 Å². The number of allylic oxidation sites excluding steroid dienone is 1. The van der Waals surface area contributed by atoms with E-state index < -0.39 is 12.0 Å². The van der Waals surface area contributed by atoms with Crippen LogP contribution in [0.2, 0.25) is 0 Å².